The molecule has 0 fully saturated rings. The molecule has 4 nitrogen and oxygen atoms in total. The minimum absolute atomic E-state index is 0.137. The van der Waals surface area contributed by atoms with Gasteiger partial charge >= 0.3 is 0 Å². The fourth-order valence-corrected chi connectivity index (χ4v) is 1.82. The molecular formula is C12H23N3O. The molecule has 1 aromatic heterocycles. The van der Waals surface area contributed by atoms with Gasteiger partial charge in [-0.2, -0.15) is 5.10 Å². The number of rotatable bonds is 7. The van der Waals surface area contributed by atoms with E-state index in [-0.39, 0.29) is 6.61 Å². The number of aliphatic hydroxyl groups excluding tert-OH is 1. The molecule has 1 atom stereocenters. The van der Waals surface area contributed by atoms with Crippen molar-refractivity contribution < 1.29 is 5.11 Å². The Kier molecular flexibility index (Phi) is 5.49. The van der Waals surface area contributed by atoms with E-state index in [1.165, 1.54) is 5.56 Å². The van der Waals surface area contributed by atoms with E-state index in [1.54, 1.807) is 4.68 Å². The molecule has 0 amide bonds. The molecule has 92 valence electrons. The topological polar surface area (TPSA) is 50.1 Å². The smallest absolute Gasteiger partial charge is 0.0640 e. The molecular weight excluding hydrogens is 202 g/mol. The maximum absolute atomic E-state index is 8.78. The first-order valence-corrected chi connectivity index (χ1v) is 6.03. The molecule has 0 radical (unpaired) electrons. The predicted molar refractivity (Wildman–Crippen MR) is 65.1 cm³/mol. The number of aromatic nitrogens is 2. The summed E-state index contributed by atoms with van der Waals surface area (Å²) in [6, 6.07) is 0.557. The summed E-state index contributed by atoms with van der Waals surface area (Å²) in [7, 11) is 0. The van der Waals surface area contributed by atoms with Gasteiger partial charge in [-0.05, 0) is 12.3 Å². The summed E-state index contributed by atoms with van der Waals surface area (Å²) < 4.78 is 1.77. The molecule has 1 heterocycles. The summed E-state index contributed by atoms with van der Waals surface area (Å²) in [6.07, 6.45) is 4.98. The summed E-state index contributed by atoms with van der Waals surface area (Å²) in [5.41, 5.74) is 1.17. The highest BCUT2D eigenvalue weighted by atomic mass is 16.3. The Labute approximate surface area is 97.7 Å². The van der Waals surface area contributed by atoms with Gasteiger partial charge in [0.25, 0.3) is 0 Å². The van der Waals surface area contributed by atoms with E-state index in [4.69, 9.17) is 5.11 Å². The third kappa shape index (κ3) is 3.94. The third-order valence-corrected chi connectivity index (χ3v) is 2.83. The van der Waals surface area contributed by atoms with E-state index in [0.29, 0.717) is 18.5 Å². The summed E-state index contributed by atoms with van der Waals surface area (Å²) in [6.45, 7) is 8.22. The van der Waals surface area contributed by atoms with Gasteiger partial charge in [-0.25, -0.2) is 0 Å². The van der Waals surface area contributed by atoms with E-state index >= 15 is 0 Å². The maximum atomic E-state index is 8.78. The monoisotopic (exact) mass is 225 g/mol. The third-order valence-electron chi connectivity index (χ3n) is 2.83. The molecule has 0 aromatic carbocycles. The highest BCUT2D eigenvalue weighted by Crippen LogP contribution is 2.07. The molecule has 0 aliphatic carbocycles. The first-order chi connectivity index (χ1) is 7.67. The van der Waals surface area contributed by atoms with Crippen LogP contribution >= 0.6 is 0 Å². The van der Waals surface area contributed by atoms with Crippen LogP contribution in [0.3, 0.4) is 0 Å². The first-order valence-electron chi connectivity index (χ1n) is 6.03. The van der Waals surface area contributed by atoms with Crippen molar-refractivity contribution in [3.63, 3.8) is 0 Å². The van der Waals surface area contributed by atoms with Crippen molar-refractivity contribution in [2.45, 2.75) is 46.3 Å². The van der Waals surface area contributed by atoms with Gasteiger partial charge in [-0.15, -0.1) is 0 Å². The van der Waals surface area contributed by atoms with Crippen molar-refractivity contribution in [3.05, 3.63) is 18.0 Å². The molecule has 0 aliphatic heterocycles. The quantitative estimate of drug-likeness (QED) is 0.737. The van der Waals surface area contributed by atoms with Gasteiger partial charge in [0.05, 0.1) is 19.3 Å². The van der Waals surface area contributed by atoms with Crippen LogP contribution in [0.1, 0.15) is 32.8 Å². The Bertz CT molecular complexity index is 296. The molecule has 1 aromatic rings. The number of aliphatic hydroxyl groups is 1. The largest absolute Gasteiger partial charge is 0.394 e. The van der Waals surface area contributed by atoms with Gasteiger partial charge < -0.3 is 10.4 Å². The number of hydrogen-bond donors (Lipinski definition) is 2. The van der Waals surface area contributed by atoms with Crippen LogP contribution in [0.4, 0.5) is 0 Å². The minimum atomic E-state index is 0.137. The normalized spacial score (nSPS) is 13.3. The lowest BCUT2D eigenvalue weighted by Gasteiger charge is -2.20. The van der Waals surface area contributed by atoms with Gasteiger partial charge in [-0.1, -0.05) is 20.8 Å². The number of nitrogens with zero attached hydrogens (tertiary/aromatic N) is 2. The Morgan fingerprint density at radius 2 is 2.25 bits per heavy atom. The van der Waals surface area contributed by atoms with Crippen molar-refractivity contribution in [2.24, 2.45) is 5.92 Å². The molecule has 4 heteroatoms. The van der Waals surface area contributed by atoms with E-state index < -0.39 is 0 Å². The van der Waals surface area contributed by atoms with Crippen LogP contribution in [-0.4, -0.2) is 27.5 Å². The minimum Gasteiger partial charge on any atom is -0.394 e. The highest BCUT2D eigenvalue weighted by molar-refractivity contribution is 5.03. The van der Waals surface area contributed by atoms with Crippen molar-refractivity contribution in [1.82, 2.24) is 15.1 Å². The van der Waals surface area contributed by atoms with E-state index in [2.05, 4.69) is 31.2 Å². The van der Waals surface area contributed by atoms with Gasteiger partial charge in [0.15, 0.2) is 0 Å². The Morgan fingerprint density at radius 3 is 2.81 bits per heavy atom. The molecule has 1 rings (SSSR count). The first kappa shape index (κ1) is 13.2. The van der Waals surface area contributed by atoms with Crippen LogP contribution in [0.15, 0.2) is 12.4 Å². The average molecular weight is 225 g/mol. The van der Waals surface area contributed by atoms with Crippen molar-refractivity contribution in [3.8, 4) is 0 Å². The highest BCUT2D eigenvalue weighted by Gasteiger charge is 2.10. The zero-order valence-electron chi connectivity index (χ0n) is 10.5. The Hall–Kier alpha value is -0.870. The lowest BCUT2D eigenvalue weighted by atomic mass is 10.0. The van der Waals surface area contributed by atoms with Crippen molar-refractivity contribution in [2.75, 3.05) is 6.61 Å². The second kappa shape index (κ2) is 6.66. The van der Waals surface area contributed by atoms with Crippen LogP contribution in [0, 0.1) is 5.92 Å². The van der Waals surface area contributed by atoms with Crippen LogP contribution in [-0.2, 0) is 13.1 Å². The Morgan fingerprint density at radius 1 is 1.50 bits per heavy atom. The standard InChI is InChI=1S/C12H23N3O/c1-4-12(10(2)3)13-7-11-8-14-15(9-11)5-6-16/h8-10,12-13,16H,4-7H2,1-3H3. The summed E-state index contributed by atoms with van der Waals surface area (Å²) in [5.74, 6) is 0.650. The van der Waals surface area contributed by atoms with Crippen LogP contribution in [0.25, 0.3) is 0 Å². The maximum Gasteiger partial charge on any atom is 0.0640 e. The van der Waals surface area contributed by atoms with Gasteiger partial charge in [0.1, 0.15) is 0 Å². The molecule has 0 saturated carbocycles. The molecule has 0 spiro atoms. The lowest BCUT2D eigenvalue weighted by molar-refractivity contribution is 0.269. The fourth-order valence-electron chi connectivity index (χ4n) is 1.82. The molecule has 0 aliphatic rings. The molecule has 2 N–H and O–H groups in total. The van der Waals surface area contributed by atoms with Crippen LogP contribution in [0.2, 0.25) is 0 Å². The molecule has 0 bridgehead atoms. The summed E-state index contributed by atoms with van der Waals surface area (Å²) in [4.78, 5) is 0. The fraction of sp³-hybridized carbons (Fsp3) is 0.750. The van der Waals surface area contributed by atoms with E-state index in [0.717, 1.165) is 13.0 Å². The molecule has 1 unspecified atom stereocenters. The SMILES string of the molecule is CCC(NCc1cnn(CCO)c1)C(C)C. The van der Waals surface area contributed by atoms with Gasteiger partial charge in [0, 0.05) is 24.3 Å². The van der Waals surface area contributed by atoms with Crippen LogP contribution < -0.4 is 5.32 Å². The summed E-state index contributed by atoms with van der Waals surface area (Å²) in [5, 5.41) is 16.5. The van der Waals surface area contributed by atoms with Crippen molar-refractivity contribution in [1.29, 1.82) is 0 Å². The zero-order chi connectivity index (χ0) is 12.0. The second-order valence-corrected chi connectivity index (χ2v) is 4.47. The molecule has 16 heavy (non-hydrogen) atoms. The Balaban J connectivity index is 2.41. The molecule has 0 saturated heterocycles. The lowest BCUT2D eigenvalue weighted by Crippen LogP contribution is -2.32. The second-order valence-electron chi connectivity index (χ2n) is 4.47. The van der Waals surface area contributed by atoms with E-state index in [9.17, 15) is 0 Å². The van der Waals surface area contributed by atoms with Gasteiger partial charge in [0.2, 0.25) is 0 Å². The van der Waals surface area contributed by atoms with Crippen molar-refractivity contribution >= 4 is 0 Å². The van der Waals surface area contributed by atoms with Gasteiger partial charge in [-0.3, -0.25) is 4.68 Å². The number of nitrogens with one attached hydrogen (secondary N) is 1. The van der Waals surface area contributed by atoms with Crippen LogP contribution in [0.5, 0.6) is 0 Å². The zero-order valence-corrected chi connectivity index (χ0v) is 10.5. The number of hydrogen-bond acceptors (Lipinski definition) is 3. The summed E-state index contributed by atoms with van der Waals surface area (Å²) >= 11 is 0. The predicted octanol–water partition coefficient (Wildman–Crippen LogP) is 1.40. The average Bonchev–Trinajstić information content (AvgIpc) is 2.67. The van der Waals surface area contributed by atoms with E-state index in [1.807, 2.05) is 12.4 Å².